The maximum atomic E-state index is 2.59. The Kier molecular flexibility index (Phi) is 6.85. The van der Waals surface area contributed by atoms with Crippen LogP contribution >= 0.6 is 0 Å². The Morgan fingerprint density at radius 3 is 2.57 bits per heavy atom. The van der Waals surface area contributed by atoms with E-state index in [2.05, 4.69) is 43.4 Å². The molecule has 0 aromatic heterocycles. The predicted molar refractivity (Wildman–Crippen MR) is 89.6 cm³/mol. The van der Waals surface area contributed by atoms with Gasteiger partial charge in [0.2, 0.25) is 0 Å². The summed E-state index contributed by atoms with van der Waals surface area (Å²) in [5.74, 6) is 0.933. The summed E-state index contributed by atoms with van der Waals surface area (Å²) in [6, 6.07) is 4.86. The average molecular weight is 445 g/mol. The van der Waals surface area contributed by atoms with E-state index in [4.69, 9.17) is 0 Å². The summed E-state index contributed by atoms with van der Waals surface area (Å²) in [5, 5.41) is 0. The smallest absolute Gasteiger partial charge is 1.00 e. The minimum atomic E-state index is -1.00. The van der Waals surface area contributed by atoms with Crippen LogP contribution in [0.15, 0.2) is 45.3 Å². The van der Waals surface area contributed by atoms with Crippen molar-refractivity contribution in [3.8, 4) is 0 Å². The summed E-state index contributed by atoms with van der Waals surface area (Å²) in [4.78, 5) is 0. The van der Waals surface area contributed by atoms with Crippen molar-refractivity contribution in [3.05, 3.63) is 45.3 Å². The predicted octanol–water partition coefficient (Wildman–Crippen LogP) is -0.213. The van der Waals surface area contributed by atoms with E-state index in [-0.39, 0.29) is 24.8 Å². The van der Waals surface area contributed by atoms with Crippen molar-refractivity contribution in [2.24, 2.45) is 5.92 Å². The van der Waals surface area contributed by atoms with E-state index in [1.807, 2.05) is 8.85 Å². The first-order chi connectivity index (χ1) is 10.3. The molecule has 4 rings (SSSR count). The van der Waals surface area contributed by atoms with E-state index in [9.17, 15) is 0 Å². The molecule has 0 spiro atoms. The Morgan fingerprint density at radius 1 is 1.17 bits per heavy atom. The molecular weight excluding hydrogens is 418 g/mol. The topological polar surface area (TPSA) is 0 Å². The summed E-state index contributed by atoms with van der Waals surface area (Å²) >= 11 is -0.466. The third kappa shape index (κ3) is 3.12. The van der Waals surface area contributed by atoms with Gasteiger partial charge in [0.25, 0.3) is 0 Å². The monoisotopic (exact) mass is 442 g/mol. The Hall–Kier alpha value is 0.640. The maximum absolute atomic E-state index is 2.59. The normalized spacial score (nSPS) is 32.7. The molecule has 1 heterocycles. The molecule has 1 saturated carbocycles. The van der Waals surface area contributed by atoms with Gasteiger partial charge in [0.1, 0.15) is 0 Å². The van der Waals surface area contributed by atoms with Gasteiger partial charge in [-0.05, 0) is 0 Å². The van der Waals surface area contributed by atoms with Crippen molar-refractivity contribution in [2.45, 2.75) is 59.9 Å². The number of hydrogen-bond donors (Lipinski definition) is 0. The zero-order valence-electron chi connectivity index (χ0n) is 14.0. The number of hydrogen-bond acceptors (Lipinski definition) is 0. The van der Waals surface area contributed by atoms with Gasteiger partial charge in [0.15, 0.2) is 0 Å². The summed E-state index contributed by atoms with van der Waals surface area (Å²) < 4.78 is 2.69. The molecular formula is C19H26Cl2SiZr. The van der Waals surface area contributed by atoms with Crippen molar-refractivity contribution in [1.82, 2.24) is 0 Å². The van der Waals surface area contributed by atoms with Crippen LogP contribution in [0.25, 0.3) is 0 Å². The summed E-state index contributed by atoms with van der Waals surface area (Å²) in [5.41, 5.74) is 1.97. The summed E-state index contributed by atoms with van der Waals surface area (Å²) in [7, 11) is -1.00. The van der Waals surface area contributed by atoms with Gasteiger partial charge in [0, 0.05) is 0 Å². The molecule has 2 atom stereocenters. The minimum absolute atomic E-state index is 0. The van der Waals surface area contributed by atoms with Crippen LogP contribution in [0.2, 0.25) is 20.9 Å². The Labute approximate surface area is 166 Å². The first-order valence-electron chi connectivity index (χ1n) is 8.81. The van der Waals surface area contributed by atoms with Crippen LogP contribution in [0.3, 0.4) is 0 Å². The second kappa shape index (κ2) is 7.90. The SMILES string of the molecule is CC[Si]1([C]2([Zr+2][C]3=CC=CC3)CCC3CC=CC=C32)CCC1.[Cl-].[Cl-]. The molecule has 2 fully saturated rings. The Morgan fingerprint density at radius 2 is 1.96 bits per heavy atom. The molecule has 0 nitrogen and oxygen atoms in total. The van der Waals surface area contributed by atoms with Crippen LogP contribution in [0, 0.1) is 5.92 Å². The van der Waals surface area contributed by atoms with E-state index in [0.717, 1.165) is 8.66 Å². The maximum Gasteiger partial charge on any atom is -1.00 e. The molecule has 1 aliphatic heterocycles. The van der Waals surface area contributed by atoms with E-state index in [1.54, 1.807) is 31.0 Å². The van der Waals surface area contributed by atoms with Gasteiger partial charge >= 0.3 is 142 Å². The van der Waals surface area contributed by atoms with Gasteiger partial charge in [-0.3, -0.25) is 0 Å². The molecule has 0 bridgehead atoms. The zero-order valence-corrected chi connectivity index (χ0v) is 18.9. The number of allylic oxidation sites excluding steroid dienone is 8. The van der Waals surface area contributed by atoms with Gasteiger partial charge in [-0.25, -0.2) is 0 Å². The van der Waals surface area contributed by atoms with E-state index >= 15 is 0 Å². The van der Waals surface area contributed by atoms with Gasteiger partial charge < -0.3 is 24.8 Å². The van der Waals surface area contributed by atoms with Crippen molar-refractivity contribution < 1.29 is 48.0 Å². The molecule has 3 aliphatic carbocycles. The van der Waals surface area contributed by atoms with Crippen LogP contribution < -0.4 is 24.8 Å². The fourth-order valence-corrected chi connectivity index (χ4v) is 20.6. The summed E-state index contributed by atoms with van der Waals surface area (Å²) in [6.07, 6.45) is 21.9. The first-order valence-corrected chi connectivity index (χ1v) is 13.9. The number of halogens is 2. The summed E-state index contributed by atoms with van der Waals surface area (Å²) in [6.45, 7) is 2.54. The second-order valence-corrected chi connectivity index (χ2v) is 18.0. The molecule has 4 heteroatoms. The van der Waals surface area contributed by atoms with Crippen LogP contribution in [-0.4, -0.2) is 8.07 Å². The fourth-order valence-electron chi connectivity index (χ4n) is 5.32. The number of fused-ring (bicyclic) bond motifs is 1. The number of rotatable bonds is 4. The van der Waals surface area contributed by atoms with Crippen LogP contribution in [0.5, 0.6) is 0 Å². The first kappa shape index (κ1) is 20.0. The van der Waals surface area contributed by atoms with Gasteiger partial charge in [-0.1, -0.05) is 0 Å². The minimum Gasteiger partial charge on any atom is -1.00 e. The molecule has 0 amide bonds. The largest absolute Gasteiger partial charge is 1.00 e. The molecule has 0 aromatic carbocycles. The third-order valence-corrected chi connectivity index (χ3v) is 21.7. The van der Waals surface area contributed by atoms with Gasteiger partial charge in [-0.15, -0.1) is 0 Å². The van der Waals surface area contributed by atoms with Crippen LogP contribution in [0.1, 0.15) is 39.0 Å². The van der Waals surface area contributed by atoms with E-state index < -0.39 is 31.3 Å². The molecule has 0 radical (unpaired) electrons. The van der Waals surface area contributed by atoms with Crippen LogP contribution in [-0.2, 0) is 23.2 Å². The molecule has 1 saturated heterocycles. The molecule has 0 aromatic rings. The Balaban J connectivity index is 0.000000960. The average Bonchev–Trinajstić information content (AvgIpc) is 3.09. The quantitative estimate of drug-likeness (QED) is 0.527. The van der Waals surface area contributed by atoms with Crippen LogP contribution in [0.4, 0.5) is 0 Å². The van der Waals surface area contributed by atoms with Crippen molar-refractivity contribution in [3.63, 3.8) is 0 Å². The fraction of sp³-hybridized carbons (Fsp3) is 0.579. The zero-order chi connectivity index (χ0) is 14.3. The van der Waals surface area contributed by atoms with Crippen molar-refractivity contribution >= 4 is 8.07 Å². The molecule has 4 aliphatic rings. The van der Waals surface area contributed by atoms with Crippen molar-refractivity contribution in [2.75, 3.05) is 0 Å². The van der Waals surface area contributed by atoms with Gasteiger partial charge in [-0.2, -0.15) is 0 Å². The molecule has 2 unspecified atom stereocenters. The van der Waals surface area contributed by atoms with E-state index in [1.165, 1.54) is 19.3 Å². The Bertz CT molecular complexity index is 554. The second-order valence-electron chi connectivity index (χ2n) is 7.36. The van der Waals surface area contributed by atoms with Gasteiger partial charge in [0.05, 0.1) is 0 Å². The van der Waals surface area contributed by atoms with Crippen molar-refractivity contribution in [1.29, 1.82) is 0 Å². The third-order valence-electron chi connectivity index (χ3n) is 6.67. The molecule has 23 heavy (non-hydrogen) atoms. The molecule has 0 N–H and O–H groups in total. The standard InChI is InChI=1S/C14H21Si.C5H5.2ClH.Zr/c1-2-15(10-5-11-15)14-9-8-12-6-3-4-7-13(12)14;1-2-4-5-3-1;;;/h3-4,7,12H,2,5-6,8-11H2,1H3;1-3H,4H2;2*1H;/q;;;;+2/p-2. The molecule has 124 valence electrons. The van der Waals surface area contributed by atoms with E-state index in [0.29, 0.717) is 0 Å².